The van der Waals surface area contributed by atoms with Gasteiger partial charge >= 0.3 is 5.63 Å². The van der Waals surface area contributed by atoms with Crippen LogP contribution in [0, 0.1) is 0 Å². The first-order valence-corrected chi connectivity index (χ1v) is 10.4. The van der Waals surface area contributed by atoms with Crippen LogP contribution in [0.4, 0.5) is 5.69 Å². The molecule has 3 aromatic rings. The van der Waals surface area contributed by atoms with Gasteiger partial charge in [0.05, 0.1) is 0 Å². The number of rotatable bonds is 8. The van der Waals surface area contributed by atoms with E-state index < -0.39 is 5.63 Å². The lowest BCUT2D eigenvalue weighted by Crippen LogP contribution is -2.25. The maximum absolute atomic E-state index is 12.3. The van der Waals surface area contributed by atoms with Gasteiger partial charge in [0.15, 0.2) is 6.61 Å². The molecule has 1 heterocycles. The first-order chi connectivity index (χ1) is 15.0. The fourth-order valence-corrected chi connectivity index (χ4v) is 3.36. The molecule has 2 amide bonds. The zero-order valence-corrected chi connectivity index (χ0v) is 17.3. The van der Waals surface area contributed by atoms with Gasteiger partial charge in [-0.1, -0.05) is 19.4 Å². The lowest BCUT2D eigenvalue weighted by molar-refractivity contribution is -0.118. The third-order valence-corrected chi connectivity index (χ3v) is 5.01. The zero-order chi connectivity index (χ0) is 21.8. The molecule has 1 fully saturated rings. The van der Waals surface area contributed by atoms with Crippen LogP contribution in [0.1, 0.15) is 42.1 Å². The van der Waals surface area contributed by atoms with Gasteiger partial charge in [0.1, 0.15) is 11.3 Å². The number of hydrogen-bond acceptors (Lipinski definition) is 5. The van der Waals surface area contributed by atoms with Crippen molar-refractivity contribution in [2.75, 3.05) is 11.9 Å². The predicted octanol–water partition coefficient (Wildman–Crippen LogP) is 3.66. The molecule has 1 aliphatic carbocycles. The third-order valence-electron chi connectivity index (χ3n) is 5.01. The van der Waals surface area contributed by atoms with Gasteiger partial charge in [0.2, 0.25) is 0 Å². The van der Waals surface area contributed by atoms with Crippen LogP contribution in [0.3, 0.4) is 0 Å². The van der Waals surface area contributed by atoms with E-state index in [1.54, 1.807) is 36.4 Å². The summed E-state index contributed by atoms with van der Waals surface area (Å²) in [7, 11) is 0. The highest BCUT2D eigenvalue weighted by Crippen LogP contribution is 2.24. The second kappa shape index (κ2) is 9.04. The summed E-state index contributed by atoms with van der Waals surface area (Å²) >= 11 is 0. The molecule has 160 valence electrons. The molecule has 0 aliphatic heterocycles. The van der Waals surface area contributed by atoms with E-state index in [0.717, 1.165) is 36.6 Å². The van der Waals surface area contributed by atoms with E-state index >= 15 is 0 Å². The van der Waals surface area contributed by atoms with Gasteiger partial charge in [-0.25, -0.2) is 4.79 Å². The lowest BCUT2D eigenvalue weighted by Gasteiger charge is -2.10. The summed E-state index contributed by atoms with van der Waals surface area (Å²) in [6, 6.07) is 13.8. The number of carbonyl (C=O) groups excluding carboxylic acids is 2. The molecule has 1 aromatic heterocycles. The van der Waals surface area contributed by atoms with E-state index in [1.807, 2.05) is 13.0 Å². The number of amides is 2. The summed E-state index contributed by atoms with van der Waals surface area (Å²) in [5, 5.41) is 6.51. The van der Waals surface area contributed by atoms with Crippen molar-refractivity contribution in [2.24, 2.45) is 0 Å². The van der Waals surface area contributed by atoms with E-state index in [0.29, 0.717) is 22.6 Å². The van der Waals surface area contributed by atoms with Crippen LogP contribution in [-0.2, 0) is 11.2 Å². The van der Waals surface area contributed by atoms with Crippen molar-refractivity contribution >= 4 is 28.5 Å². The van der Waals surface area contributed by atoms with Gasteiger partial charge in [0, 0.05) is 34.8 Å². The maximum Gasteiger partial charge on any atom is 0.336 e. The number of benzene rings is 2. The van der Waals surface area contributed by atoms with Crippen LogP contribution in [-0.4, -0.2) is 24.5 Å². The predicted molar refractivity (Wildman–Crippen MR) is 118 cm³/mol. The lowest BCUT2D eigenvalue weighted by atomic mass is 10.1. The summed E-state index contributed by atoms with van der Waals surface area (Å²) in [4.78, 5) is 36.3. The molecule has 0 saturated heterocycles. The summed E-state index contributed by atoms with van der Waals surface area (Å²) in [5.74, 6) is -0.0759. The molecule has 1 aliphatic rings. The van der Waals surface area contributed by atoms with Crippen molar-refractivity contribution in [1.82, 2.24) is 5.32 Å². The molecule has 7 nitrogen and oxygen atoms in total. The Hall–Kier alpha value is -3.61. The first-order valence-electron chi connectivity index (χ1n) is 10.4. The largest absolute Gasteiger partial charge is 0.484 e. The topological polar surface area (TPSA) is 97.6 Å². The molecule has 2 N–H and O–H groups in total. The number of anilines is 1. The molecular weight excluding hydrogens is 396 g/mol. The smallest absolute Gasteiger partial charge is 0.336 e. The number of fused-ring (bicyclic) bond motifs is 1. The van der Waals surface area contributed by atoms with Crippen LogP contribution >= 0.6 is 0 Å². The highest BCUT2D eigenvalue weighted by Gasteiger charge is 2.23. The summed E-state index contributed by atoms with van der Waals surface area (Å²) < 4.78 is 10.9. The Balaban J connectivity index is 1.39. The fraction of sp³-hybridized carbons (Fsp3) is 0.292. The van der Waals surface area contributed by atoms with Crippen molar-refractivity contribution in [2.45, 2.75) is 38.6 Å². The Kier molecular flexibility index (Phi) is 6.02. The van der Waals surface area contributed by atoms with E-state index in [-0.39, 0.29) is 24.5 Å². The van der Waals surface area contributed by atoms with Gasteiger partial charge in [-0.2, -0.15) is 0 Å². The minimum Gasteiger partial charge on any atom is -0.484 e. The maximum atomic E-state index is 12.3. The number of hydrogen-bond donors (Lipinski definition) is 2. The van der Waals surface area contributed by atoms with Crippen molar-refractivity contribution in [3.63, 3.8) is 0 Å². The highest BCUT2D eigenvalue weighted by molar-refractivity contribution is 5.97. The second-order valence-corrected chi connectivity index (χ2v) is 7.66. The van der Waals surface area contributed by atoms with Gasteiger partial charge in [0.25, 0.3) is 11.8 Å². The van der Waals surface area contributed by atoms with Crippen LogP contribution in [0.15, 0.2) is 57.7 Å². The Morgan fingerprint density at radius 2 is 1.97 bits per heavy atom. The normalized spacial score (nSPS) is 13.1. The summed E-state index contributed by atoms with van der Waals surface area (Å²) in [6.45, 7) is 1.83. The average molecular weight is 420 g/mol. The monoisotopic (exact) mass is 420 g/mol. The molecule has 0 spiro atoms. The molecule has 2 aromatic carbocycles. The standard InChI is InChI=1S/C24H24N2O5/c1-2-4-15-12-23(28)31-21-13-19(9-10-20(15)21)30-14-22(27)25-18-6-3-5-16(11-18)24(29)26-17-7-8-17/h3,5-6,9-13,17H,2,4,7-8,14H2,1H3,(H,25,27)(H,26,29). The Morgan fingerprint density at radius 3 is 2.74 bits per heavy atom. The SMILES string of the molecule is CCCc1cc(=O)oc2cc(OCC(=O)Nc3cccc(C(=O)NC4CC4)c3)ccc12. The van der Waals surface area contributed by atoms with Gasteiger partial charge in [-0.05, 0) is 55.2 Å². The summed E-state index contributed by atoms with van der Waals surface area (Å²) in [6.07, 6.45) is 3.72. The molecule has 7 heteroatoms. The molecule has 0 bridgehead atoms. The van der Waals surface area contributed by atoms with Crippen molar-refractivity contribution in [3.05, 3.63) is 70.1 Å². The molecule has 31 heavy (non-hydrogen) atoms. The highest BCUT2D eigenvalue weighted by atomic mass is 16.5. The number of nitrogens with one attached hydrogen (secondary N) is 2. The number of aryl methyl sites for hydroxylation is 1. The number of carbonyl (C=O) groups is 2. The van der Waals surface area contributed by atoms with Crippen molar-refractivity contribution in [3.8, 4) is 5.75 Å². The third kappa shape index (κ3) is 5.31. The fourth-order valence-electron chi connectivity index (χ4n) is 3.36. The van der Waals surface area contributed by atoms with Gasteiger partial charge in [-0.3, -0.25) is 9.59 Å². The Bertz CT molecular complexity index is 1180. The molecular formula is C24H24N2O5. The van der Waals surface area contributed by atoms with Gasteiger partial charge < -0.3 is 19.8 Å². The zero-order valence-electron chi connectivity index (χ0n) is 17.3. The molecule has 0 atom stereocenters. The minimum atomic E-state index is -0.406. The quantitative estimate of drug-likeness (QED) is 0.542. The van der Waals surface area contributed by atoms with Crippen LogP contribution in [0.25, 0.3) is 11.0 Å². The van der Waals surface area contributed by atoms with Crippen molar-refractivity contribution < 1.29 is 18.7 Å². The molecule has 0 unspecified atom stereocenters. The molecule has 0 radical (unpaired) electrons. The number of ether oxygens (including phenoxy) is 1. The second-order valence-electron chi connectivity index (χ2n) is 7.66. The van der Waals surface area contributed by atoms with E-state index in [1.165, 1.54) is 6.07 Å². The van der Waals surface area contributed by atoms with Gasteiger partial charge in [-0.15, -0.1) is 0 Å². The average Bonchev–Trinajstić information content (AvgIpc) is 3.56. The summed E-state index contributed by atoms with van der Waals surface area (Å²) in [5.41, 5.74) is 1.98. The Morgan fingerprint density at radius 1 is 1.13 bits per heavy atom. The van der Waals surface area contributed by atoms with E-state index in [2.05, 4.69) is 10.6 Å². The Labute approximate surface area is 179 Å². The minimum absolute atomic E-state index is 0.144. The first kappa shape index (κ1) is 20.7. The van der Waals surface area contributed by atoms with Crippen molar-refractivity contribution in [1.29, 1.82) is 0 Å². The molecule has 1 saturated carbocycles. The van der Waals surface area contributed by atoms with E-state index in [9.17, 15) is 14.4 Å². The van der Waals surface area contributed by atoms with E-state index in [4.69, 9.17) is 9.15 Å². The van der Waals surface area contributed by atoms with Crippen LogP contribution in [0.5, 0.6) is 5.75 Å². The molecule has 4 rings (SSSR count). The van der Waals surface area contributed by atoms with Crippen LogP contribution in [0.2, 0.25) is 0 Å². The van der Waals surface area contributed by atoms with Crippen LogP contribution < -0.4 is 21.0 Å².